The summed E-state index contributed by atoms with van der Waals surface area (Å²) in [5.41, 5.74) is 0.711. The molecule has 0 spiro atoms. The molecule has 1 N–H and O–H groups in total. The van der Waals surface area contributed by atoms with Crippen molar-refractivity contribution in [2.75, 3.05) is 6.79 Å². The van der Waals surface area contributed by atoms with Gasteiger partial charge in [-0.15, -0.1) is 0 Å². The minimum Gasteiger partial charge on any atom is -0.454 e. The SMILES string of the molecule is CCCC(O)c1cc2c(cc1Cl)OCO2. The van der Waals surface area contributed by atoms with Gasteiger partial charge in [0.1, 0.15) is 0 Å². The normalized spacial score (nSPS) is 15.4. The number of hydrogen-bond donors (Lipinski definition) is 1. The molecule has 0 saturated heterocycles. The summed E-state index contributed by atoms with van der Waals surface area (Å²) >= 11 is 6.04. The predicted octanol–water partition coefficient (Wildman–Crippen LogP) is 2.90. The number of halogens is 1. The van der Waals surface area contributed by atoms with Gasteiger partial charge in [0.05, 0.1) is 11.1 Å². The minimum absolute atomic E-state index is 0.221. The van der Waals surface area contributed by atoms with Crippen molar-refractivity contribution in [3.63, 3.8) is 0 Å². The zero-order valence-corrected chi connectivity index (χ0v) is 9.25. The van der Waals surface area contributed by atoms with Gasteiger partial charge in [0.2, 0.25) is 6.79 Å². The number of aliphatic hydroxyl groups is 1. The van der Waals surface area contributed by atoms with Crippen molar-refractivity contribution in [3.8, 4) is 11.5 Å². The molecule has 0 amide bonds. The predicted molar refractivity (Wildman–Crippen MR) is 57.4 cm³/mol. The largest absolute Gasteiger partial charge is 0.454 e. The molecule has 15 heavy (non-hydrogen) atoms. The van der Waals surface area contributed by atoms with Crippen LogP contribution in [0.3, 0.4) is 0 Å². The summed E-state index contributed by atoms with van der Waals surface area (Å²) < 4.78 is 10.4. The van der Waals surface area contributed by atoms with Crippen LogP contribution in [0.2, 0.25) is 5.02 Å². The molecule has 1 aliphatic rings. The summed E-state index contributed by atoms with van der Waals surface area (Å²) in [6.45, 7) is 2.24. The number of benzene rings is 1. The highest BCUT2D eigenvalue weighted by atomic mass is 35.5. The molecule has 0 bridgehead atoms. The van der Waals surface area contributed by atoms with Crippen molar-refractivity contribution in [1.82, 2.24) is 0 Å². The third-order valence-electron chi connectivity index (χ3n) is 2.41. The zero-order valence-electron chi connectivity index (χ0n) is 8.50. The van der Waals surface area contributed by atoms with Gasteiger partial charge in [-0.1, -0.05) is 24.9 Å². The van der Waals surface area contributed by atoms with Crippen molar-refractivity contribution in [1.29, 1.82) is 0 Å². The lowest BCUT2D eigenvalue weighted by Gasteiger charge is -2.12. The maximum absolute atomic E-state index is 9.85. The Kier molecular flexibility index (Phi) is 3.03. The van der Waals surface area contributed by atoms with Crippen molar-refractivity contribution >= 4 is 11.6 Å². The van der Waals surface area contributed by atoms with Gasteiger partial charge in [-0.3, -0.25) is 0 Å². The molecule has 3 nitrogen and oxygen atoms in total. The Hall–Kier alpha value is -0.930. The molecule has 0 saturated carbocycles. The molecular weight excluding hydrogens is 216 g/mol. The first-order chi connectivity index (χ1) is 7.22. The summed E-state index contributed by atoms with van der Waals surface area (Å²) in [6.07, 6.45) is 1.07. The Morgan fingerprint density at radius 2 is 2.07 bits per heavy atom. The van der Waals surface area contributed by atoms with Crippen molar-refractivity contribution in [2.24, 2.45) is 0 Å². The second kappa shape index (κ2) is 4.29. The fraction of sp³-hybridized carbons (Fsp3) is 0.455. The lowest BCUT2D eigenvalue weighted by molar-refractivity contribution is 0.164. The second-order valence-electron chi connectivity index (χ2n) is 3.53. The van der Waals surface area contributed by atoms with Crippen LogP contribution in [-0.2, 0) is 0 Å². The number of hydrogen-bond acceptors (Lipinski definition) is 3. The molecule has 1 aromatic carbocycles. The lowest BCUT2D eigenvalue weighted by atomic mass is 10.0. The first-order valence-corrected chi connectivity index (χ1v) is 5.37. The summed E-state index contributed by atoms with van der Waals surface area (Å²) in [5, 5.41) is 10.4. The van der Waals surface area contributed by atoms with Gasteiger partial charge in [0, 0.05) is 11.6 Å². The fourth-order valence-corrected chi connectivity index (χ4v) is 1.90. The van der Waals surface area contributed by atoms with Crippen LogP contribution in [-0.4, -0.2) is 11.9 Å². The zero-order chi connectivity index (χ0) is 10.8. The van der Waals surface area contributed by atoms with Crippen LogP contribution in [0.25, 0.3) is 0 Å². The molecule has 1 unspecified atom stereocenters. The molecule has 1 aliphatic heterocycles. The molecule has 1 aromatic rings. The molecule has 0 aromatic heterocycles. The van der Waals surface area contributed by atoms with Crippen LogP contribution in [0.4, 0.5) is 0 Å². The van der Waals surface area contributed by atoms with E-state index in [-0.39, 0.29) is 6.79 Å². The quantitative estimate of drug-likeness (QED) is 0.865. The monoisotopic (exact) mass is 228 g/mol. The van der Waals surface area contributed by atoms with E-state index < -0.39 is 6.10 Å². The highest BCUT2D eigenvalue weighted by Gasteiger charge is 2.19. The lowest BCUT2D eigenvalue weighted by Crippen LogP contribution is -1.97. The molecule has 82 valence electrons. The van der Waals surface area contributed by atoms with Crippen molar-refractivity contribution in [3.05, 3.63) is 22.7 Å². The molecule has 2 rings (SSSR count). The third-order valence-corrected chi connectivity index (χ3v) is 2.74. The number of ether oxygens (including phenoxy) is 2. The number of fused-ring (bicyclic) bond motifs is 1. The number of aliphatic hydroxyl groups excluding tert-OH is 1. The van der Waals surface area contributed by atoms with Gasteiger partial charge < -0.3 is 14.6 Å². The highest BCUT2D eigenvalue weighted by Crippen LogP contribution is 2.39. The standard InChI is InChI=1S/C11H13ClO3/c1-2-3-9(13)7-4-10-11(5-8(7)12)15-6-14-10/h4-5,9,13H,2-3,6H2,1H3. The molecule has 0 aliphatic carbocycles. The summed E-state index contributed by atoms with van der Waals surface area (Å²) in [7, 11) is 0. The molecule has 0 radical (unpaired) electrons. The van der Waals surface area contributed by atoms with Crippen LogP contribution >= 0.6 is 11.6 Å². The Morgan fingerprint density at radius 1 is 1.40 bits per heavy atom. The van der Waals surface area contributed by atoms with Gasteiger partial charge in [0.15, 0.2) is 11.5 Å². The van der Waals surface area contributed by atoms with E-state index in [0.717, 1.165) is 6.42 Å². The van der Waals surface area contributed by atoms with Crippen LogP contribution in [0.15, 0.2) is 12.1 Å². The van der Waals surface area contributed by atoms with E-state index in [0.29, 0.717) is 28.5 Å². The van der Waals surface area contributed by atoms with Gasteiger partial charge in [-0.05, 0) is 12.5 Å². The molecule has 4 heteroatoms. The molecule has 1 heterocycles. The second-order valence-corrected chi connectivity index (χ2v) is 3.94. The average molecular weight is 229 g/mol. The van der Waals surface area contributed by atoms with Crippen LogP contribution in [0.1, 0.15) is 31.4 Å². The van der Waals surface area contributed by atoms with Gasteiger partial charge in [0.25, 0.3) is 0 Å². The average Bonchev–Trinajstić information content (AvgIpc) is 2.63. The van der Waals surface area contributed by atoms with E-state index in [9.17, 15) is 5.11 Å². The summed E-state index contributed by atoms with van der Waals surface area (Å²) in [5.74, 6) is 1.30. The Balaban J connectivity index is 2.31. The fourth-order valence-electron chi connectivity index (χ4n) is 1.62. The first-order valence-electron chi connectivity index (χ1n) is 4.99. The van der Waals surface area contributed by atoms with Crippen molar-refractivity contribution in [2.45, 2.75) is 25.9 Å². The van der Waals surface area contributed by atoms with E-state index in [1.807, 2.05) is 6.92 Å². The third kappa shape index (κ3) is 2.03. The maximum Gasteiger partial charge on any atom is 0.231 e. The van der Waals surface area contributed by atoms with Crippen LogP contribution in [0.5, 0.6) is 11.5 Å². The van der Waals surface area contributed by atoms with Crippen LogP contribution in [0, 0.1) is 0 Å². The highest BCUT2D eigenvalue weighted by molar-refractivity contribution is 6.31. The molecule has 0 fully saturated rings. The van der Waals surface area contributed by atoms with E-state index in [2.05, 4.69) is 0 Å². The van der Waals surface area contributed by atoms with Gasteiger partial charge >= 0.3 is 0 Å². The van der Waals surface area contributed by atoms with Crippen LogP contribution < -0.4 is 9.47 Å². The van der Waals surface area contributed by atoms with E-state index >= 15 is 0 Å². The van der Waals surface area contributed by atoms with E-state index in [1.54, 1.807) is 12.1 Å². The minimum atomic E-state index is -0.531. The maximum atomic E-state index is 9.85. The van der Waals surface area contributed by atoms with Gasteiger partial charge in [-0.25, -0.2) is 0 Å². The van der Waals surface area contributed by atoms with E-state index in [4.69, 9.17) is 21.1 Å². The van der Waals surface area contributed by atoms with Gasteiger partial charge in [-0.2, -0.15) is 0 Å². The summed E-state index contributed by atoms with van der Waals surface area (Å²) in [4.78, 5) is 0. The Morgan fingerprint density at radius 3 is 2.73 bits per heavy atom. The Bertz CT molecular complexity index is 365. The van der Waals surface area contributed by atoms with Crippen molar-refractivity contribution < 1.29 is 14.6 Å². The molecule has 1 atom stereocenters. The summed E-state index contributed by atoms with van der Waals surface area (Å²) in [6, 6.07) is 3.45. The number of rotatable bonds is 3. The topological polar surface area (TPSA) is 38.7 Å². The van der Waals surface area contributed by atoms with E-state index in [1.165, 1.54) is 0 Å². The Labute approximate surface area is 93.6 Å². The smallest absolute Gasteiger partial charge is 0.231 e. The molecular formula is C11H13ClO3. The first kappa shape index (κ1) is 10.6.